The number of hydrogen-bond donors (Lipinski definition) is 2. The van der Waals surface area contributed by atoms with Crippen LogP contribution in [0.25, 0.3) is 11.3 Å². The number of benzene rings is 2. The minimum Gasteiger partial charge on any atom is -0.319 e. The van der Waals surface area contributed by atoms with Crippen LogP contribution in [0.1, 0.15) is 34.8 Å². The van der Waals surface area contributed by atoms with Crippen molar-refractivity contribution in [2.75, 3.05) is 5.32 Å². The van der Waals surface area contributed by atoms with E-state index in [-0.39, 0.29) is 5.56 Å². The Morgan fingerprint density at radius 3 is 2.38 bits per heavy atom. The molecular weight excluding hydrogens is 360 g/mol. The number of aromatic nitrogens is 2. The van der Waals surface area contributed by atoms with Gasteiger partial charge in [0.1, 0.15) is 17.3 Å². The molecule has 0 radical (unpaired) electrons. The van der Waals surface area contributed by atoms with E-state index in [1.807, 2.05) is 0 Å². The normalized spacial score (nSPS) is 13.7. The van der Waals surface area contributed by atoms with Gasteiger partial charge >= 0.3 is 0 Å². The predicted octanol–water partition coefficient (Wildman–Crippen LogP) is 5.14. The van der Waals surface area contributed by atoms with Gasteiger partial charge in [0.05, 0.1) is 11.4 Å². The van der Waals surface area contributed by atoms with Gasteiger partial charge in [-0.2, -0.15) is 5.10 Å². The van der Waals surface area contributed by atoms with E-state index in [9.17, 15) is 13.6 Å². The van der Waals surface area contributed by atoms with Crippen LogP contribution in [-0.4, -0.2) is 16.1 Å². The maximum absolute atomic E-state index is 13.4. The van der Waals surface area contributed by atoms with Crippen molar-refractivity contribution in [3.63, 3.8) is 0 Å². The van der Waals surface area contributed by atoms with Crippen molar-refractivity contribution in [1.29, 1.82) is 0 Å². The van der Waals surface area contributed by atoms with Crippen LogP contribution in [0, 0.1) is 11.6 Å². The summed E-state index contributed by atoms with van der Waals surface area (Å²) in [7, 11) is 0. The lowest BCUT2D eigenvalue weighted by Crippen LogP contribution is -2.14. The molecule has 4 rings (SSSR count). The molecule has 1 heterocycles. The Hall–Kier alpha value is -2.73. The standard InChI is InChI=1S/C19H14ClF2N3O/c20-13-5-3-11(4-6-13)17-18(16(24-25-17)10-1-2-10)23-19(26)12-7-14(21)9-15(22)8-12/h3-10H,1-2H2,(H,23,26)(H,24,25). The molecule has 2 aromatic carbocycles. The van der Waals surface area contributed by atoms with Crippen molar-refractivity contribution in [1.82, 2.24) is 10.2 Å². The summed E-state index contributed by atoms with van der Waals surface area (Å²) < 4.78 is 26.8. The molecule has 1 amide bonds. The van der Waals surface area contributed by atoms with Gasteiger partial charge in [-0.25, -0.2) is 8.78 Å². The molecule has 2 N–H and O–H groups in total. The smallest absolute Gasteiger partial charge is 0.255 e. The fourth-order valence-corrected chi connectivity index (χ4v) is 2.96. The molecule has 1 fully saturated rings. The first-order valence-corrected chi connectivity index (χ1v) is 8.50. The van der Waals surface area contributed by atoms with Gasteiger partial charge in [-0.1, -0.05) is 23.7 Å². The summed E-state index contributed by atoms with van der Waals surface area (Å²) in [6.45, 7) is 0. The first kappa shape index (κ1) is 16.7. The molecule has 3 aromatic rings. The van der Waals surface area contributed by atoms with E-state index in [0.717, 1.165) is 42.3 Å². The Morgan fingerprint density at radius 1 is 1.12 bits per heavy atom. The van der Waals surface area contributed by atoms with E-state index in [1.54, 1.807) is 24.3 Å². The Labute approximate surface area is 153 Å². The second-order valence-corrected chi connectivity index (χ2v) is 6.69. The zero-order valence-electron chi connectivity index (χ0n) is 13.5. The van der Waals surface area contributed by atoms with Crippen LogP contribution in [0.4, 0.5) is 14.5 Å². The summed E-state index contributed by atoms with van der Waals surface area (Å²) in [5, 5.41) is 10.7. The van der Waals surface area contributed by atoms with Gasteiger partial charge in [0.2, 0.25) is 0 Å². The van der Waals surface area contributed by atoms with Crippen LogP contribution in [0.15, 0.2) is 42.5 Å². The van der Waals surface area contributed by atoms with E-state index >= 15 is 0 Å². The van der Waals surface area contributed by atoms with E-state index < -0.39 is 17.5 Å². The van der Waals surface area contributed by atoms with Crippen LogP contribution in [-0.2, 0) is 0 Å². The predicted molar refractivity (Wildman–Crippen MR) is 95.3 cm³/mol. The minimum atomic E-state index is -0.803. The quantitative estimate of drug-likeness (QED) is 0.665. The Kier molecular flexibility index (Phi) is 4.20. The fraction of sp³-hybridized carbons (Fsp3) is 0.158. The summed E-state index contributed by atoms with van der Waals surface area (Å²) in [5.74, 6) is -1.91. The molecular formula is C19H14ClF2N3O. The van der Waals surface area contributed by atoms with Gasteiger partial charge in [0, 0.05) is 28.1 Å². The highest BCUT2D eigenvalue weighted by Crippen LogP contribution is 2.45. The number of amides is 1. The van der Waals surface area contributed by atoms with E-state index in [0.29, 0.717) is 22.3 Å². The second-order valence-electron chi connectivity index (χ2n) is 6.25. The second kappa shape index (κ2) is 6.53. The van der Waals surface area contributed by atoms with Crippen LogP contribution in [0.3, 0.4) is 0 Å². The number of aromatic amines is 1. The summed E-state index contributed by atoms with van der Waals surface area (Å²) >= 11 is 5.93. The zero-order chi connectivity index (χ0) is 18.3. The third-order valence-electron chi connectivity index (χ3n) is 4.26. The average Bonchev–Trinajstić information content (AvgIpc) is 3.36. The van der Waals surface area contributed by atoms with Gasteiger partial charge in [-0.3, -0.25) is 9.89 Å². The summed E-state index contributed by atoms with van der Waals surface area (Å²) in [4.78, 5) is 12.5. The monoisotopic (exact) mass is 373 g/mol. The molecule has 0 spiro atoms. The van der Waals surface area contributed by atoms with Crippen molar-refractivity contribution in [2.24, 2.45) is 0 Å². The number of H-pyrrole nitrogens is 1. The molecule has 1 aliphatic rings. The Morgan fingerprint density at radius 2 is 1.77 bits per heavy atom. The lowest BCUT2D eigenvalue weighted by Gasteiger charge is -2.09. The molecule has 7 heteroatoms. The third-order valence-corrected chi connectivity index (χ3v) is 4.51. The van der Waals surface area contributed by atoms with Gasteiger partial charge in [0.25, 0.3) is 5.91 Å². The molecule has 4 nitrogen and oxygen atoms in total. The maximum Gasteiger partial charge on any atom is 0.255 e. The van der Waals surface area contributed by atoms with Gasteiger partial charge in [0.15, 0.2) is 0 Å². The molecule has 1 aromatic heterocycles. The number of nitrogens with zero attached hydrogens (tertiary/aromatic N) is 1. The Bertz CT molecular complexity index is 961. The Balaban J connectivity index is 1.71. The SMILES string of the molecule is O=C(Nc1c(-c2ccc(Cl)cc2)n[nH]c1C1CC1)c1cc(F)cc(F)c1. The lowest BCUT2D eigenvalue weighted by atomic mass is 10.1. The fourth-order valence-electron chi connectivity index (χ4n) is 2.84. The molecule has 0 atom stereocenters. The number of hydrogen-bond acceptors (Lipinski definition) is 2. The highest BCUT2D eigenvalue weighted by molar-refractivity contribution is 6.30. The number of carbonyl (C=O) groups excluding carboxylic acids is 1. The molecule has 1 saturated carbocycles. The largest absolute Gasteiger partial charge is 0.319 e. The highest BCUT2D eigenvalue weighted by atomic mass is 35.5. The van der Waals surface area contributed by atoms with Crippen LogP contribution >= 0.6 is 11.6 Å². The number of halogens is 3. The lowest BCUT2D eigenvalue weighted by molar-refractivity contribution is 0.102. The first-order chi connectivity index (χ1) is 12.5. The van der Waals surface area contributed by atoms with Crippen molar-refractivity contribution in [2.45, 2.75) is 18.8 Å². The van der Waals surface area contributed by atoms with Crippen LogP contribution in [0.5, 0.6) is 0 Å². The van der Waals surface area contributed by atoms with Gasteiger partial charge in [-0.15, -0.1) is 0 Å². The van der Waals surface area contributed by atoms with E-state index in [1.165, 1.54) is 0 Å². The molecule has 0 aliphatic heterocycles. The molecule has 1 aliphatic carbocycles. The van der Waals surface area contributed by atoms with E-state index in [4.69, 9.17) is 11.6 Å². The number of rotatable bonds is 4. The summed E-state index contributed by atoms with van der Waals surface area (Å²) in [5.41, 5.74) is 2.60. The van der Waals surface area contributed by atoms with Crippen LogP contribution < -0.4 is 5.32 Å². The maximum atomic E-state index is 13.4. The molecule has 26 heavy (non-hydrogen) atoms. The zero-order valence-corrected chi connectivity index (χ0v) is 14.3. The summed E-state index contributed by atoms with van der Waals surface area (Å²) in [6.07, 6.45) is 2.00. The van der Waals surface area contributed by atoms with Crippen molar-refractivity contribution < 1.29 is 13.6 Å². The van der Waals surface area contributed by atoms with Crippen molar-refractivity contribution >= 4 is 23.2 Å². The van der Waals surface area contributed by atoms with Gasteiger partial charge in [-0.05, 0) is 37.1 Å². The van der Waals surface area contributed by atoms with E-state index in [2.05, 4.69) is 15.5 Å². The number of carbonyl (C=O) groups is 1. The molecule has 132 valence electrons. The molecule has 0 bridgehead atoms. The summed E-state index contributed by atoms with van der Waals surface area (Å²) in [6, 6.07) is 9.78. The topological polar surface area (TPSA) is 57.8 Å². The molecule has 0 saturated heterocycles. The van der Waals surface area contributed by atoms with Crippen molar-refractivity contribution in [3.8, 4) is 11.3 Å². The average molecular weight is 374 g/mol. The number of nitrogens with one attached hydrogen (secondary N) is 2. The van der Waals surface area contributed by atoms with Crippen LogP contribution in [0.2, 0.25) is 5.02 Å². The molecule has 0 unspecified atom stereocenters. The van der Waals surface area contributed by atoms with Crippen molar-refractivity contribution in [3.05, 3.63) is 70.4 Å². The first-order valence-electron chi connectivity index (χ1n) is 8.13. The third kappa shape index (κ3) is 3.32. The highest BCUT2D eigenvalue weighted by Gasteiger charge is 2.31. The number of anilines is 1. The van der Waals surface area contributed by atoms with Gasteiger partial charge < -0.3 is 5.32 Å². The minimum absolute atomic E-state index is 0.0903.